The molecule has 13 nitrogen and oxygen atoms in total. The lowest BCUT2D eigenvalue weighted by atomic mass is 9.93. The van der Waals surface area contributed by atoms with Gasteiger partial charge in [-0.2, -0.15) is 13.2 Å². The third kappa shape index (κ3) is 9.55. The van der Waals surface area contributed by atoms with Gasteiger partial charge in [0.1, 0.15) is 22.3 Å². The number of amides is 3. The molecule has 2 atom stereocenters. The minimum atomic E-state index is -4.56. The van der Waals surface area contributed by atoms with E-state index in [1.165, 1.54) is 23.4 Å². The molecule has 2 saturated heterocycles. The number of halogens is 3. The van der Waals surface area contributed by atoms with Gasteiger partial charge in [0.05, 0.1) is 29.5 Å². The van der Waals surface area contributed by atoms with Gasteiger partial charge in [-0.1, -0.05) is 0 Å². The zero-order chi connectivity index (χ0) is 36.4. The van der Waals surface area contributed by atoms with Crippen LogP contribution in [0.25, 0.3) is 11.1 Å². The number of fused-ring (bicyclic) bond motifs is 1. The van der Waals surface area contributed by atoms with Crippen molar-refractivity contribution in [2.45, 2.75) is 90.8 Å². The van der Waals surface area contributed by atoms with E-state index in [0.717, 1.165) is 31.5 Å². The van der Waals surface area contributed by atoms with Crippen LogP contribution < -0.4 is 20.9 Å². The fraction of sp³-hybridized carbons (Fsp3) is 0.559. The first-order valence-electron chi connectivity index (χ1n) is 16.5. The van der Waals surface area contributed by atoms with E-state index in [9.17, 15) is 27.6 Å². The van der Waals surface area contributed by atoms with Crippen LogP contribution in [0.5, 0.6) is 0 Å². The molecule has 2 aliphatic heterocycles. The van der Waals surface area contributed by atoms with Crippen LogP contribution >= 0.6 is 0 Å². The van der Waals surface area contributed by atoms with E-state index >= 15 is 0 Å². The first kappa shape index (κ1) is 36.7. The molecule has 2 aliphatic rings. The van der Waals surface area contributed by atoms with Gasteiger partial charge in [0.2, 0.25) is 5.88 Å². The quantitative estimate of drug-likeness (QED) is 0.243. The largest absolute Gasteiger partial charge is 0.444 e. The molecule has 3 aromatic rings. The highest BCUT2D eigenvalue weighted by Gasteiger charge is 2.45. The SMILES string of the molecule is CC(C)(C)OC(=O)Nc1oc2cc(CN3CCCC3)cnc2c1C(=O)Nc1cnccc1N1CC(NC(=O)OC(C)(C)C)C[C@@H](C(F)(F)F)C1. The summed E-state index contributed by atoms with van der Waals surface area (Å²) in [4.78, 5) is 51.7. The van der Waals surface area contributed by atoms with E-state index in [2.05, 4.69) is 30.8 Å². The van der Waals surface area contributed by atoms with Gasteiger partial charge in [0.15, 0.2) is 5.58 Å². The van der Waals surface area contributed by atoms with E-state index in [0.29, 0.717) is 6.54 Å². The van der Waals surface area contributed by atoms with Crippen molar-refractivity contribution in [2.24, 2.45) is 5.92 Å². The molecule has 16 heteroatoms. The number of alkyl halides is 3. The maximum Gasteiger partial charge on any atom is 0.414 e. The van der Waals surface area contributed by atoms with E-state index in [1.54, 1.807) is 53.8 Å². The van der Waals surface area contributed by atoms with Gasteiger partial charge in [0, 0.05) is 32.0 Å². The summed E-state index contributed by atoms with van der Waals surface area (Å²) in [6, 6.07) is 2.33. The summed E-state index contributed by atoms with van der Waals surface area (Å²) in [6.07, 6.45) is -0.0367. The number of carbonyl (C=O) groups excluding carboxylic acids is 3. The van der Waals surface area contributed by atoms with Gasteiger partial charge >= 0.3 is 18.4 Å². The van der Waals surface area contributed by atoms with Crippen LogP contribution in [-0.2, 0) is 16.0 Å². The molecule has 3 N–H and O–H groups in total. The van der Waals surface area contributed by atoms with Crippen molar-refractivity contribution >= 4 is 46.5 Å². The molecular weight excluding hydrogens is 659 g/mol. The summed E-state index contributed by atoms with van der Waals surface area (Å²) in [5.74, 6) is -2.74. The molecule has 0 spiro atoms. The Morgan fingerprint density at radius 2 is 1.64 bits per heavy atom. The average Bonchev–Trinajstić information content (AvgIpc) is 3.62. The second kappa shape index (κ2) is 14.3. The zero-order valence-electron chi connectivity index (χ0n) is 29.1. The Kier molecular flexibility index (Phi) is 10.5. The highest BCUT2D eigenvalue weighted by atomic mass is 19.4. The number of rotatable bonds is 7. The number of nitrogens with one attached hydrogen (secondary N) is 3. The predicted octanol–water partition coefficient (Wildman–Crippen LogP) is 6.70. The van der Waals surface area contributed by atoms with Crippen LogP contribution in [0.2, 0.25) is 0 Å². The molecular formula is C34H44F3N7O6. The maximum atomic E-state index is 14.1. The summed E-state index contributed by atoms with van der Waals surface area (Å²) in [6.45, 7) is 12.2. The molecule has 5 rings (SSSR count). The van der Waals surface area contributed by atoms with Gasteiger partial charge in [0.25, 0.3) is 5.91 Å². The molecule has 0 saturated carbocycles. The minimum Gasteiger partial charge on any atom is -0.444 e. The Labute approximate surface area is 288 Å². The number of piperidine rings is 1. The van der Waals surface area contributed by atoms with Crippen LogP contribution in [0, 0.1) is 5.92 Å². The minimum absolute atomic E-state index is 0.000146. The number of hydrogen-bond donors (Lipinski definition) is 3. The number of aromatic nitrogens is 2. The number of anilines is 3. The van der Waals surface area contributed by atoms with Gasteiger partial charge < -0.3 is 29.4 Å². The summed E-state index contributed by atoms with van der Waals surface area (Å²) < 4.78 is 59.0. The fourth-order valence-corrected chi connectivity index (χ4v) is 6.06. The van der Waals surface area contributed by atoms with Crippen molar-refractivity contribution in [1.82, 2.24) is 20.2 Å². The molecule has 272 valence electrons. The summed E-state index contributed by atoms with van der Waals surface area (Å²) in [7, 11) is 0. The van der Waals surface area contributed by atoms with Gasteiger partial charge in [-0.05, 0) is 91.6 Å². The van der Waals surface area contributed by atoms with Crippen LogP contribution in [0.15, 0.2) is 35.1 Å². The first-order chi connectivity index (χ1) is 23.3. The van der Waals surface area contributed by atoms with E-state index in [1.807, 2.05) is 0 Å². The van der Waals surface area contributed by atoms with E-state index in [-0.39, 0.29) is 46.9 Å². The number of alkyl carbamates (subject to hydrolysis) is 1. The molecule has 5 heterocycles. The first-order valence-corrected chi connectivity index (χ1v) is 16.5. The summed E-state index contributed by atoms with van der Waals surface area (Å²) >= 11 is 0. The highest BCUT2D eigenvalue weighted by molar-refractivity contribution is 6.16. The summed E-state index contributed by atoms with van der Waals surface area (Å²) in [5, 5.41) is 7.82. The van der Waals surface area contributed by atoms with Crippen molar-refractivity contribution in [3.63, 3.8) is 0 Å². The van der Waals surface area contributed by atoms with Crippen molar-refractivity contribution in [2.75, 3.05) is 41.7 Å². The van der Waals surface area contributed by atoms with Crippen LogP contribution in [0.1, 0.15) is 76.7 Å². The van der Waals surface area contributed by atoms with Crippen molar-refractivity contribution in [3.8, 4) is 0 Å². The third-order valence-electron chi connectivity index (χ3n) is 8.05. The predicted molar refractivity (Wildman–Crippen MR) is 180 cm³/mol. The second-order valence-electron chi connectivity index (χ2n) is 14.7. The Hall–Kier alpha value is -4.60. The van der Waals surface area contributed by atoms with Crippen molar-refractivity contribution < 1.29 is 41.4 Å². The standard InChI is InChI=1S/C34H44F3N7O6/c1-32(2,3)49-30(46)40-22-14-21(34(35,36)37)18-44(19-22)24-9-10-38-16-23(24)41-28(45)26-27-25(48-29(26)42-31(47)50-33(4,5)6)13-20(15-39-27)17-43-11-7-8-12-43/h9-10,13,15-16,21-22H,7-8,11-12,14,17-19H2,1-6H3,(H,40,46)(H,41,45)(H,42,47)/t21-,22?/m1/s1. The van der Waals surface area contributed by atoms with Gasteiger partial charge in [-0.15, -0.1) is 0 Å². The van der Waals surface area contributed by atoms with Crippen LogP contribution in [0.4, 0.5) is 40.0 Å². The number of carbonyl (C=O) groups is 3. The zero-order valence-corrected chi connectivity index (χ0v) is 29.1. The second-order valence-corrected chi connectivity index (χ2v) is 14.7. The van der Waals surface area contributed by atoms with E-state index in [4.69, 9.17) is 13.9 Å². The molecule has 0 bridgehead atoms. The van der Waals surface area contributed by atoms with Crippen LogP contribution in [0.3, 0.4) is 0 Å². The smallest absolute Gasteiger partial charge is 0.414 e. The van der Waals surface area contributed by atoms with E-state index < -0.39 is 54.0 Å². The topological polar surface area (TPSA) is 151 Å². The van der Waals surface area contributed by atoms with Crippen molar-refractivity contribution in [3.05, 3.63) is 41.9 Å². The summed E-state index contributed by atoms with van der Waals surface area (Å²) in [5.41, 5.74) is -0.174. The molecule has 50 heavy (non-hydrogen) atoms. The molecule has 0 aliphatic carbocycles. The molecule has 3 amide bonds. The lowest BCUT2D eigenvalue weighted by Crippen LogP contribution is -2.54. The van der Waals surface area contributed by atoms with Crippen LogP contribution in [-0.4, -0.2) is 82.6 Å². The van der Waals surface area contributed by atoms with Crippen molar-refractivity contribution in [1.29, 1.82) is 0 Å². The number of nitrogens with zero attached hydrogens (tertiary/aromatic N) is 4. The number of hydrogen-bond acceptors (Lipinski definition) is 10. The average molecular weight is 704 g/mol. The number of likely N-dealkylation sites (tertiary alicyclic amines) is 1. The Morgan fingerprint density at radius 3 is 2.30 bits per heavy atom. The molecule has 0 radical (unpaired) electrons. The molecule has 2 fully saturated rings. The van der Waals surface area contributed by atoms with Gasteiger partial charge in [-0.3, -0.25) is 25.0 Å². The number of pyridine rings is 2. The lowest BCUT2D eigenvalue weighted by molar-refractivity contribution is -0.177. The van der Waals surface area contributed by atoms with Gasteiger partial charge in [-0.25, -0.2) is 9.59 Å². The monoisotopic (exact) mass is 703 g/mol. The molecule has 3 aromatic heterocycles. The Balaban J connectivity index is 1.44. The molecule has 1 unspecified atom stereocenters. The number of furan rings is 1. The lowest BCUT2D eigenvalue weighted by Gasteiger charge is -2.40. The highest BCUT2D eigenvalue weighted by Crippen LogP contribution is 2.38. The maximum absolute atomic E-state index is 14.1. The normalized spacial score (nSPS) is 18.9. The number of ether oxygens (including phenoxy) is 2. The fourth-order valence-electron chi connectivity index (χ4n) is 6.06. The molecule has 0 aromatic carbocycles. The Bertz CT molecular complexity index is 1710. The third-order valence-corrected chi connectivity index (χ3v) is 8.05. The Morgan fingerprint density at radius 1 is 0.960 bits per heavy atom.